The molecule has 0 aromatic heterocycles. The van der Waals surface area contributed by atoms with E-state index in [1.54, 1.807) is 6.07 Å². The van der Waals surface area contributed by atoms with E-state index < -0.39 is 24.5 Å². The molecule has 11 nitrogen and oxygen atoms in total. The summed E-state index contributed by atoms with van der Waals surface area (Å²) >= 11 is 0. The zero-order valence-corrected chi connectivity index (χ0v) is 22.7. The summed E-state index contributed by atoms with van der Waals surface area (Å²) in [4.78, 5) is 49.2. The highest BCUT2D eigenvalue weighted by Gasteiger charge is 2.37. The SMILES string of the molecule is CCN(CC)CCN1CCCC2NC(C/C=C3\C(=O)Nc4ccc(F)cc43)=CC2C1=O.O=C(O)CC(O)C(=O)O. The zero-order valence-electron chi connectivity index (χ0n) is 22.7. The molecule has 0 radical (unpaired) electrons. The number of amides is 2. The van der Waals surface area contributed by atoms with Gasteiger partial charge in [0.05, 0.1) is 12.3 Å². The van der Waals surface area contributed by atoms with Gasteiger partial charge < -0.3 is 35.8 Å². The molecule has 218 valence electrons. The molecule has 0 bridgehead atoms. The maximum atomic E-state index is 13.6. The van der Waals surface area contributed by atoms with Crippen LogP contribution in [0.25, 0.3) is 5.57 Å². The summed E-state index contributed by atoms with van der Waals surface area (Å²) in [5.74, 6) is -3.39. The van der Waals surface area contributed by atoms with Crippen molar-refractivity contribution < 1.29 is 38.9 Å². The summed E-state index contributed by atoms with van der Waals surface area (Å²) in [6.45, 7) is 8.75. The highest BCUT2D eigenvalue weighted by Crippen LogP contribution is 2.34. The van der Waals surface area contributed by atoms with Crippen LogP contribution in [0.1, 0.15) is 45.1 Å². The number of hydrogen-bond donors (Lipinski definition) is 5. The fourth-order valence-corrected chi connectivity index (χ4v) is 5.01. The first kappa shape index (κ1) is 30.8. The molecule has 0 spiro atoms. The molecule has 4 rings (SSSR count). The number of carboxylic acid groups (broad SMARTS) is 2. The number of anilines is 1. The summed E-state index contributed by atoms with van der Waals surface area (Å²) in [5, 5.41) is 30.4. The van der Waals surface area contributed by atoms with Crippen LogP contribution in [-0.2, 0) is 19.2 Å². The van der Waals surface area contributed by atoms with Crippen molar-refractivity contribution in [1.29, 1.82) is 0 Å². The number of nitrogens with zero attached hydrogens (tertiary/aromatic N) is 2. The van der Waals surface area contributed by atoms with Gasteiger partial charge in [-0.3, -0.25) is 14.4 Å². The molecule has 3 atom stereocenters. The van der Waals surface area contributed by atoms with Crippen molar-refractivity contribution in [2.45, 2.75) is 51.7 Å². The zero-order chi connectivity index (χ0) is 29.4. The third kappa shape index (κ3) is 7.89. The maximum Gasteiger partial charge on any atom is 0.333 e. The first-order valence-electron chi connectivity index (χ1n) is 13.5. The Bertz CT molecular complexity index is 1180. The second kappa shape index (κ2) is 14.0. The van der Waals surface area contributed by atoms with Crippen LogP contribution in [0.2, 0.25) is 0 Å². The molecular weight excluding hydrogens is 523 g/mol. The van der Waals surface area contributed by atoms with Crippen molar-refractivity contribution in [3.05, 3.63) is 47.4 Å². The van der Waals surface area contributed by atoms with Crippen LogP contribution >= 0.6 is 0 Å². The lowest BCUT2D eigenvalue weighted by molar-refractivity contribution is -0.152. The summed E-state index contributed by atoms with van der Waals surface area (Å²) in [6.07, 6.45) is 3.75. The quantitative estimate of drug-likeness (QED) is 0.269. The number of aliphatic carboxylic acids is 2. The van der Waals surface area contributed by atoms with E-state index >= 15 is 0 Å². The number of rotatable bonds is 10. The van der Waals surface area contributed by atoms with Gasteiger partial charge in [-0.25, -0.2) is 9.18 Å². The Labute approximate surface area is 232 Å². The lowest BCUT2D eigenvalue weighted by Crippen LogP contribution is -2.42. The molecule has 40 heavy (non-hydrogen) atoms. The molecule has 5 N–H and O–H groups in total. The van der Waals surface area contributed by atoms with Crippen LogP contribution < -0.4 is 10.6 Å². The Morgan fingerprint density at radius 1 is 1.23 bits per heavy atom. The van der Waals surface area contributed by atoms with Crippen molar-refractivity contribution in [2.75, 3.05) is 38.0 Å². The van der Waals surface area contributed by atoms with Crippen molar-refractivity contribution in [1.82, 2.24) is 15.1 Å². The van der Waals surface area contributed by atoms with Crippen LogP contribution in [-0.4, -0.2) is 93.7 Å². The number of likely N-dealkylation sites (N-methyl/N-ethyl adjacent to an activating group) is 1. The minimum Gasteiger partial charge on any atom is -0.481 e. The van der Waals surface area contributed by atoms with Gasteiger partial charge in [-0.05, 0) is 44.1 Å². The van der Waals surface area contributed by atoms with Gasteiger partial charge in [0.15, 0.2) is 6.10 Å². The highest BCUT2D eigenvalue weighted by molar-refractivity contribution is 6.31. The summed E-state index contributed by atoms with van der Waals surface area (Å²) in [7, 11) is 0. The molecule has 0 aliphatic carbocycles. The number of allylic oxidation sites excluding steroid dienone is 1. The fourth-order valence-electron chi connectivity index (χ4n) is 5.01. The summed E-state index contributed by atoms with van der Waals surface area (Å²) in [6, 6.07) is 4.42. The topological polar surface area (TPSA) is 160 Å². The number of aliphatic hydroxyl groups excluding tert-OH is 1. The fraction of sp³-hybridized carbons (Fsp3) is 0.500. The smallest absolute Gasteiger partial charge is 0.333 e. The lowest BCUT2D eigenvalue weighted by atomic mass is 9.99. The van der Waals surface area contributed by atoms with E-state index in [0.717, 1.165) is 51.3 Å². The number of fused-ring (bicyclic) bond motifs is 2. The molecular formula is C28H37FN4O7. The number of likely N-dealkylation sites (tertiary alicyclic amines) is 1. The molecule has 0 saturated carbocycles. The van der Waals surface area contributed by atoms with E-state index in [0.29, 0.717) is 23.2 Å². The Morgan fingerprint density at radius 3 is 2.58 bits per heavy atom. The number of aliphatic hydroxyl groups is 1. The number of carboxylic acids is 2. The molecule has 3 unspecified atom stereocenters. The number of carbonyl (C=O) groups is 4. The lowest BCUT2D eigenvalue weighted by Gasteiger charge is -2.27. The Morgan fingerprint density at radius 2 is 1.95 bits per heavy atom. The monoisotopic (exact) mass is 560 g/mol. The van der Waals surface area contributed by atoms with E-state index in [-0.39, 0.29) is 29.6 Å². The maximum absolute atomic E-state index is 13.6. The van der Waals surface area contributed by atoms with Crippen LogP contribution in [0.3, 0.4) is 0 Å². The van der Waals surface area contributed by atoms with Crippen LogP contribution in [0.4, 0.5) is 10.1 Å². The van der Waals surface area contributed by atoms with E-state index in [4.69, 9.17) is 15.3 Å². The van der Waals surface area contributed by atoms with Gasteiger partial charge in [-0.2, -0.15) is 0 Å². The molecule has 3 aliphatic rings. The van der Waals surface area contributed by atoms with Gasteiger partial charge in [0.25, 0.3) is 5.91 Å². The van der Waals surface area contributed by atoms with Gasteiger partial charge >= 0.3 is 11.9 Å². The third-order valence-corrected chi connectivity index (χ3v) is 7.25. The second-order valence-corrected chi connectivity index (χ2v) is 9.88. The van der Waals surface area contributed by atoms with Gasteiger partial charge in [0.1, 0.15) is 5.82 Å². The molecule has 12 heteroatoms. The highest BCUT2D eigenvalue weighted by atomic mass is 19.1. The van der Waals surface area contributed by atoms with Gasteiger partial charge in [-0.1, -0.05) is 26.0 Å². The van der Waals surface area contributed by atoms with Crippen molar-refractivity contribution >= 4 is 35.0 Å². The molecule has 3 aliphatic heterocycles. The van der Waals surface area contributed by atoms with Crippen molar-refractivity contribution in [3.8, 4) is 0 Å². The third-order valence-electron chi connectivity index (χ3n) is 7.25. The minimum atomic E-state index is -1.79. The number of benzene rings is 1. The largest absolute Gasteiger partial charge is 0.481 e. The molecule has 3 heterocycles. The number of carbonyl (C=O) groups excluding carboxylic acids is 2. The van der Waals surface area contributed by atoms with Gasteiger partial charge in [0, 0.05) is 54.6 Å². The predicted octanol–water partition coefficient (Wildman–Crippen LogP) is 1.89. The van der Waals surface area contributed by atoms with Gasteiger partial charge in [-0.15, -0.1) is 0 Å². The molecule has 1 fully saturated rings. The Hall–Kier alpha value is -3.77. The molecule has 1 aromatic carbocycles. The van der Waals surface area contributed by atoms with Crippen LogP contribution in [0.15, 0.2) is 36.0 Å². The van der Waals surface area contributed by atoms with E-state index in [1.807, 2.05) is 17.1 Å². The van der Waals surface area contributed by atoms with Crippen LogP contribution in [0.5, 0.6) is 0 Å². The standard InChI is InChI=1S/C24H31FN4O2.C4H6O5/c1-3-28(4-2)12-13-29-11-5-6-21-20(24(29)31)15-17(26-21)8-9-18-19-14-16(25)7-10-22(19)27-23(18)30;5-2(4(8)9)1-3(6)7/h7,9-10,14-15,20-21,26H,3-6,8,11-13H2,1-2H3,(H,27,30);2,5H,1H2,(H,6,7)(H,8,9)/b18-9-;. The summed E-state index contributed by atoms with van der Waals surface area (Å²) in [5.41, 5.74) is 2.67. The molecule has 2 amide bonds. The van der Waals surface area contributed by atoms with E-state index in [1.165, 1.54) is 12.1 Å². The van der Waals surface area contributed by atoms with Gasteiger partial charge in [0.2, 0.25) is 5.91 Å². The first-order chi connectivity index (χ1) is 19.0. The molecule has 1 aromatic rings. The average molecular weight is 561 g/mol. The average Bonchev–Trinajstić information content (AvgIpc) is 3.41. The summed E-state index contributed by atoms with van der Waals surface area (Å²) < 4.78 is 13.6. The van der Waals surface area contributed by atoms with E-state index in [2.05, 4.69) is 29.4 Å². The van der Waals surface area contributed by atoms with Crippen LogP contribution in [0, 0.1) is 11.7 Å². The Kier molecular flexibility index (Phi) is 10.8. The normalized spacial score (nSPS) is 21.5. The minimum absolute atomic E-state index is 0.112. The Balaban J connectivity index is 0.000000424. The van der Waals surface area contributed by atoms with Crippen molar-refractivity contribution in [2.24, 2.45) is 5.92 Å². The molecule has 1 saturated heterocycles. The predicted molar refractivity (Wildman–Crippen MR) is 146 cm³/mol. The van der Waals surface area contributed by atoms with Crippen molar-refractivity contribution in [3.63, 3.8) is 0 Å². The second-order valence-electron chi connectivity index (χ2n) is 9.88. The first-order valence-corrected chi connectivity index (χ1v) is 13.5. The van der Waals surface area contributed by atoms with E-state index in [9.17, 15) is 23.6 Å². The number of hydrogen-bond acceptors (Lipinski definition) is 7. The number of halogens is 1. The number of nitrogens with one attached hydrogen (secondary N) is 2.